The summed E-state index contributed by atoms with van der Waals surface area (Å²) in [6, 6.07) is 9.20. The standard InChI is InChI=1S/C19H19N3O4/c20-9-13(19(25)21-10-15-4-3-7-26-15)8-14-11-22(12-18(23)24)17-6-2-1-5-16(14)17/h1-2,5-6,8,11,15H,3-4,7,10,12H2,(H,21,25)(H,23,24)/b13-8+/t15-/m0/s1. The molecule has 1 aliphatic heterocycles. The van der Waals surface area contributed by atoms with Gasteiger partial charge in [-0.25, -0.2) is 0 Å². The van der Waals surface area contributed by atoms with Gasteiger partial charge in [0.05, 0.1) is 6.10 Å². The van der Waals surface area contributed by atoms with E-state index in [4.69, 9.17) is 9.84 Å². The lowest BCUT2D eigenvalue weighted by atomic mass is 10.1. The molecule has 134 valence electrons. The van der Waals surface area contributed by atoms with E-state index in [-0.39, 0.29) is 18.2 Å². The molecule has 7 nitrogen and oxygen atoms in total. The maximum Gasteiger partial charge on any atom is 0.323 e. The number of carbonyl (C=O) groups is 2. The quantitative estimate of drug-likeness (QED) is 0.610. The summed E-state index contributed by atoms with van der Waals surface area (Å²) in [7, 11) is 0. The molecule has 7 heteroatoms. The molecule has 0 bridgehead atoms. The average Bonchev–Trinajstić information content (AvgIpc) is 3.26. The van der Waals surface area contributed by atoms with E-state index in [0.717, 1.165) is 23.7 Å². The molecule has 1 atom stereocenters. The number of nitriles is 1. The number of rotatable bonds is 6. The van der Waals surface area contributed by atoms with Gasteiger partial charge in [0, 0.05) is 35.8 Å². The molecule has 1 amide bonds. The number of fused-ring (bicyclic) bond motifs is 1. The van der Waals surface area contributed by atoms with E-state index in [1.807, 2.05) is 24.3 Å². The number of aliphatic carboxylic acids is 1. The highest BCUT2D eigenvalue weighted by Crippen LogP contribution is 2.23. The van der Waals surface area contributed by atoms with Crippen molar-refractivity contribution in [2.45, 2.75) is 25.5 Å². The van der Waals surface area contributed by atoms with Crippen LogP contribution in [0.4, 0.5) is 0 Å². The molecule has 0 aliphatic carbocycles. The van der Waals surface area contributed by atoms with Crippen LogP contribution in [0.2, 0.25) is 0 Å². The lowest BCUT2D eigenvalue weighted by Gasteiger charge is -2.10. The zero-order valence-electron chi connectivity index (χ0n) is 14.1. The van der Waals surface area contributed by atoms with E-state index in [1.54, 1.807) is 16.8 Å². The Morgan fingerprint density at radius 1 is 1.42 bits per heavy atom. The van der Waals surface area contributed by atoms with Gasteiger partial charge < -0.3 is 19.7 Å². The number of benzene rings is 1. The van der Waals surface area contributed by atoms with Crippen molar-refractivity contribution < 1.29 is 19.4 Å². The number of hydrogen-bond acceptors (Lipinski definition) is 4. The number of aromatic nitrogens is 1. The summed E-state index contributed by atoms with van der Waals surface area (Å²) in [5.74, 6) is -1.42. The monoisotopic (exact) mass is 353 g/mol. The second kappa shape index (κ2) is 7.85. The molecule has 0 unspecified atom stereocenters. The van der Waals surface area contributed by atoms with Crippen LogP contribution in [-0.2, 0) is 20.9 Å². The molecule has 1 aliphatic rings. The summed E-state index contributed by atoms with van der Waals surface area (Å²) in [5, 5.41) is 21.9. The Morgan fingerprint density at radius 3 is 2.92 bits per heavy atom. The fraction of sp³-hybridized carbons (Fsp3) is 0.316. The van der Waals surface area contributed by atoms with Gasteiger partial charge in [0.1, 0.15) is 18.2 Å². The minimum absolute atomic E-state index is 0.00336. The summed E-state index contributed by atoms with van der Waals surface area (Å²) in [4.78, 5) is 23.4. The van der Waals surface area contributed by atoms with Gasteiger partial charge in [-0.1, -0.05) is 18.2 Å². The van der Waals surface area contributed by atoms with E-state index in [9.17, 15) is 14.9 Å². The van der Waals surface area contributed by atoms with Crippen LogP contribution in [0.3, 0.4) is 0 Å². The summed E-state index contributed by atoms with van der Waals surface area (Å²) in [6.45, 7) is 0.880. The fourth-order valence-electron chi connectivity index (χ4n) is 3.08. The normalized spacial score (nSPS) is 17.2. The van der Waals surface area contributed by atoms with Gasteiger partial charge in [-0.05, 0) is 25.0 Å². The van der Waals surface area contributed by atoms with E-state index in [0.29, 0.717) is 18.7 Å². The van der Waals surface area contributed by atoms with Gasteiger partial charge in [-0.2, -0.15) is 5.26 Å². The van der Waals surface area contributed by atoms with Crippen molar-refractivity contribution in [2.24, 2.45) is 0 Å². The lowest BCUT2D eigenvalue weighted by Crippen LogP contribution is -2.32. The Bertz CT molecular complexity index is 901. The molecule has 2 heterocycles. The predicted molar refractivity (Wildman–Crippen MR) is 95.1 cm³/mol. The Hall–Kier alpha value is -3.11. The van der Waals surface area contributed by atoms with Crippen LogP contribution in [0.5, 0.6) is 0 Å². The van der Waals surface area contributed by atoms with Crippen LogP contribution >= 0.6 is 0 Å². The number of para-hydroxylation sites is 1. The van der Waals surface area contributed by atoms with Crippen molar-refractivity contribution in [1.82, 2.24) is 9.88 Å². The Balaban J connectivity index is 1.85. The first-order valence-electron chi connectivity index (χ1n) is 8.39. The fourth-order valence-corrected chi connectivity index (χ4v) is 3.08. The Labute approximate surface area is 150 Å². The van der Waals surface area contributed by atoms with Crippen LogP contribution in [0, 0.1) is 11.3 Å². The first kappa shape index (κ1) is 17.7. The summed E-state index contributed by atoms with van der Waals surface area (Å²) >= 11 is 0. The SMILES string of the molecule is N#C/C(=C\c1cn(CC(=O)O)c2ccccc12)C(=O)NC[C@@H]1CCCO1. The predicted octanol–water partition coefficient (Wildman–Crippen LogP) is 1.93. The van der Waals surface area contributed by atoms with Gasteiger partial charge in [0.25, 0.3) is 5.91 Å². The van der Waals surface area contributed by atoms with E-state index >= 15 is 0 Å². The van der Waals surface area contributed by atoms with Gasteiger partial charge >= 0.3 is 5.97 Å². The topological polar surface area (TPSA) is 104 Å². The van der Waals surface area contributed by atoms with Gasteiger partial charge in [0.15, 0.2) is 0 Å². The number of hydrogen-bond donors (Lipinski definition) is 2. The number of nitrogens with zero attached hydrogens (tertiary/aromatic N) is 2. The van der Waals surface area contributed by atoms with Crippen molar-refractivity contribution in [2.75, 3.05) is 13.2 Å². The first-order valence-corrected chi connectivity index (χ1v) is 8.39. The van der Waals surface area contributed by atoms with E-state index < -0.39 is 11.9 Å². The number of carboxylic acids is 1. The number of ether oxygens (including phenoxy) is 1. The summed E-state index contributed by atoms with van der Waals surface area (Å²) in [6.07, 6.45) is 5.00. The molecule has 0 spiro atoms. The summed E-state index contributed by atoms with van der Waals surface area (Å²) < 4.78 is 7.04. The second-order valence-electron chi connectivity index (χ2n) is 6.14. The van der Waals surface area contributed by atoms with Crippen molar-refractivity contribution in [3.05, 3.63) is 41.6 Å². The Kier molecular flexibility index (Phi) is 5.34. The van der Waals surface area contributed by atoms with Gasteiger partial charge in [-0.15, -0.1) is 0 Å². The van der Waals surface area contributed by atoms with Crippen LogP contribution in [0.15, 0.2) is 36.0 Å². The van der Waals surface area contributed by atoms with E-state index in [2.05, 4.69) is 5.32 Å². The molecular formula is C19H19N3O4. The van der Waals surface area contributed by atoms with Crippen molar-refractivity contribution in [3.8, 4) is 6.07 Å². The van der Waals surface area contributed by atoms with Crippen LogP contribution < -0.4 is 5.32 Å². The number of nitrogens with one attached hydrogen (secondary N) is 1. The molecular weight excluding hydrogens is 334 g/mol. The molecule has 1 aromatic carbocycles. The zero-order chi connectivity index (χ0) is 18.5. The lowest BCUT2D eigenvalue weighted by molar-refractivity contribution is -0.137. The average molecular weight is 353 g/mol. The molecule has 1 aromatic heterocycles. The third-order valence-corrected chi connectivity index (χ3v) is 4.30. The Morgan fingerprint density at radius 2 is 2.23 bits per heavy atom. The van der Waals surface area contributed by atoms with Crippen LogP contribution in [0.25, 0.3) is 17.0 Å². The number of carbonyl (C=O) groups excluding carboxylic acids is 1. The smallest absolute Gasteiger partial charge is 0.323 e. The zero-order valence-corrected chi connectivity index (χ0v) is 14.1. The van der Waals surface area contributed by atoms with Gasteiger partial charge in [-0.3, -0.25) is 9.59 Å². The molecule has 2 aromatic rings. The minimum atomic E-state index is -0.962. The van der Waals surface area contributed by atoms with Crippen LogP contribution in [-0.4, -0.2) is 40.8 Å². The maximum absolute atomic E-state index is 12.3. The highest BCUT2D eigenvalue weighted by molar-refractivity contribution is 6.04. The second-order valence-corrected chi connectivity index (χ2v) is 6.14. The first-order chi connectivity index (χ1) is 12.6. The summed E-state index contributed by atoms with van der Waals surface area (Å²) in [5.41, 5.74) is 1.34. The van der Waals surface area contributed by atoms with Crippen molar-refractivity contribution in [1.29, 1.82) is 5.26 Å². The largest absolute Gasteiger partial charge is 0.480 e. The third kappa shape index (κ3) is 3.92. The van der Waals surface area contributed by atoms with Gasteiger partial charge in [0.2, 0.25) is 0 Å². The molecule has 26 heavy (non-hydrogen) atoms. The van der Waals surface area contributed by atoms with E-state index in [1.165, 1.54) is 6.08 Å². The van der Waals surface area contributed by atoms with Crippen molar-refractivity contribution >= 4 is 28.9 Å². The highest BCUT2D eigenvalue weighted by Gasteiger charge is 2.18. The molecule has 3 rings (SSSR count). The molecule has 0 radical (unpaired) electrons. The molecule has 0 saturated carbocycles. The van der Waals surface area contributed by atoms with Crippen LogP contribution in [0.1, 0.15) is 18.4 Å². The number of amides is 1. The highest BCUT2D eigenvalue weighted by atomic mass is 16.5. The molecule has 1 fully saturated rings. The van der Waals surface area contributed by atoms with Crippen molar-refractivity contribution in [3.63, 3.8) is 0 Å². The third-order valence-electron chi connectivity index (χ3n) is 4.30. The molecule has 2 N–H and O–H groups in total. The maximum atomic E-state index is 12.3. The number of carboxylic acid groups (broad SMARTS) is 1. The molecule has 1 saturated heterocycles. The minimum Gasteiger partial charge on any atom is -0.480 e.